The van der Waals surface area contributed by atoms with Gasteiger partial charge in [0.1, 0.15) is 17.6 Å². The lowest BCUT2D eigenvalue weighted by Gasteiger charge is -2.14. The molecule has 3 aromatic carbocycles. The lowest BCUT2D eigenvalue weighted by molar-refractivity contribution is -0.116. The molecule has 1 amide bonds. The van der Waals surface area contributed by atoms with E-state index in [-0.39, 0.29) is 18.0 Å². The quantitative estimate of drug-likeness (QED) is 0.411. The summed E-state index contributed by atoms with van der Waals surface area (Å²) in [5, 5.41) is 3.92. The predicted molar refractivity (Wildman–Crippen MR) is 136 cm³/mol. The van der Waals surface area contributed by atoms with E-state index in [1.807, 2.05) is 75.4 Å². The normalized spacial score (nSPS) is 11.3. The molecule has 170 valence electrons. The zero-order chi connectivity index (χ0) is 23.8. The molecule has 0 atom stereocenters. The average molecular weight is 451 g/mol. The van der Waals surface area contributed by atoms with E-state index in [2.05, 4.69) is 22.4 Å². The van der Waals surface area contributed by atoms with Crippen molar-refractivity contribution in [1.29, 1.82) is 0 Å². The summed E-state index contributed by atoms with van der Waals surface area (Å²) in [6, 6.07) is 21.6. The topological polar surface area (TPSA) is 68.9 Å². The first-order valence-electron chi connectivity index (χ1n) is 11.3. The van der Waals surface area contributed by atoms with Gasteiger partial charge in [-0.15, -0.1) is 0 Å². The van der Waals surface area contributed by atoms with Crippen molar-refractivity contribution in [3.63, 3.8) is 0 Å². The van der Waals surface area contributed by atoms with E-state index in [0.29, 0.717) is 17.6 Å². The number of hydrogen-bond acceptors (Lipinski definition) is 3. The molecule has 2 heterocycles. The first kappa shape index (κ1) is 21.6. The molecular weight excluding hydrogens is 424 g/mol. The Bertz CT molecular complexity index is 1570. The van der Waals surface area contributed by atoms with Crippen LogP contribution in [-0.2, 0) is 17.9 Å². The lowest BCUT2D eigenvalue weighted by Crippen LogP contribution is -2.25. The van der Waals surface area contributed by atoms with Gasteiger partial charge in [0.25, 0.3) is 5.56 Å². The number of hydrogen-bond donors (Lipinski definition) is 1. The van der Waals surface area contributed by atoms with Crippen LogP contribution < -0.4 is 10.9 Å². The van der Waals surface area contributed by atoms with Gasteiger partial charge in [0.2, 0.25) is 5.91 Å². The van der Waals surface area contributed by atoms with E-state index in [1.54, 1.807) is 15.5 Å². The summed E-state index contributed by atoms with van der Waals surface area (Å²) in [6.07, 6.45) is 1.59. The minimum absolute atomic E-state index is 0.0169. The number of aryl methyl sites for hydroxylation is 3. The molecule has 0 spiro atoms. The summed E-state index contributed by atoms with van der Waals surface area (Å²) in [5.41, 5.74) is 6.70. The minimum Gasteiger partial charge on any atom is -0.325 e. The SMILES string of the molecule is Cc1cc(C)c(NC(=O)Cn2c3ccccc3c3ncn(Cc4ccccc4)c(=O)c32)c(C)c1. The Kier molecular flexibility index (Phi) is 5.49. The van der Waals surface area contributed by atoms with Crippen LogP contribution in [-0.4, -0.2) is 20.0 Å². The van der Waals surface area contributed by atoms with Crippen molar-refractivity contribution in [1.82, 2.24) is 14.1 Å². The van der Waals surface area contributed by atoms with Crippen molar-refractivity contribution in [2.45, 2.75) is 33.9 Å². The van der Waals surface area contributed by atoms with Crippen LogP contribution >= 0.6 is 0 Å². The molecular formula is C28H26N4O2. The van der Waals surface area contributed by atoms with Crippen molar-refractivity contribution in [3.05, 3.63) is 106 Å². The maximum absolute atomic E-state index is 13.6. The van der Waals surface area contributed by atoms with Crippen LogP contribution in [0.3, 0.4) is 0 Å². The standard InChI is InChI=1S/C28H26N4O2/c1-18-13-19(2)25(20(3)14-18)30-24(33)16-32-23-12-8-7-11-22(23)26-27(32)28(34)31(17-29-26)15-21-9-5-4-6-10-21/h4-14,17H,15-16H2,1-3H3,(H,30,33). The van der Waals surface area contributed by atoms with E-state index in [9.17, 15) is 9.59 Å². The van der Waals surface area contributed by atoms with Crippen molar-refractivity contribution < 1.29 is 4.79 Å². The van der Waals surface area contributed by atoms with Gasteiger partial charge in [-0.2, -0.15) is 0 Å². The van der Waals surface area contributed by atoms with Crippen LogP contribution in [0.25, 0.3) is 21.9 Å². The van der Waals surface area contributed by atoms with E-state index < -0.39 is 0 Å². The number of carbonyl (C=O) groups excluding carboxylic acids is 1. The highest BCUT2D eigenvalue weighted by Gasteiger charge is 2.19. The molecule has 6 heteroatoms. The highest BCUT2D eigenvalue weighted by atomic mass is 16.2. The third kappa shape index (κ3) is 3.88. The van der Waals surface area contributed by atoms with Crippen LogP contribution in [0, 0.1) is 20.8 Å². The van der Waals surface area contributed by atoms with Gasteiger partial charge >= 0.3 is 0 Å². The number of aromatic nitrogens is 3. The zero-order valence-electron chi connectivity index (χ0n) is 19.5. The molecule has 0 aliphatic carbocycles. The molecule has 6 nitrogen and oxygen atoms in total. The van der Waals surface area contributed by atoms with Crippen molar-refractivity contribution >= 4 is 33.5 Å². The fraction of sp³-hybridized carbons (Fsp3) is 0.179. The monoisotopic (exact) mass is 450 g/mol. The molecule has 5 rings (SSSR count). The minimum atomic E-state index is -0.185. The van der Waals surface area contributed by atoms with E-state index in [0.717, 1.165) is 38.8 Å². The number of nitrogens with one attached hydrogen (secondary N) is 1. The summed E-state index contributed by atoms with van der Waals surface area (Å²) < 4.78 is 3.38. The van der Waals surface area contributed by atoms with Crippen molar-refractivity contribution in [2.24, 2.45) is 0 Å². The number of rotatable bonds is 5. The molecule has 0 radical (unpaired) electrons. The fourth-order valence-corrected chi connectivity index (χ4v) is 4.71. The molecule has 0 bridgehead atoms. The maximum Gasteiger partial charge on any atom is 0.278 e. The molecule has 0 saturated carbocycles. The van der Waals surface area contributed by atoms with Gasteiger partial charge < -0.3 is 9.88 Å². The van der Waals surface area contributed by atoms with E-state index in [4.69, 9.17) is 0 Å². The Morgan fingerprint density at radius 2 is 1.62 bits per heavy atom. The third-order valence-corrected chi connectivity index (χ3v) is 6.17. The van der Waals surface area contributed by atoms with Gasteiger partial charge in [-0.25, -0.2) is 4.98 Å². The van der Waals surface area contributed by atoms with E-state index >= 15 is 0 Å². The molecule has 2 aromatic heterocycles. The Morgan fingerprint density at radius 3 is 2.35 bits per heavy atom. The number of benzene rings is 3. The second-order valence-corrected chi connectivity index (χ2v) is 8.79. The van der Waals surface area contributed by atoms with Crippen LogP contribution in [0.15, 0.2) is 77.9 Å². The van der Waals surface area contributed by atoms with Crippen LogP contribution in [0.5, 0.6) is 0 Å². The Balaban J connectivity index is 1.58. The second kappa shape index (κ2) is 8.63. The predicted octanol–water partition coefficient (Wildman–Crippen LogP) is 4.96. The average Bonchev–Trinajstić information content (AvgIpc) is 3.13. The lowest BCUT2D eigenvalue weighted by atomic mass is 10.1. The number of amides is 1. The van der Waals surface area contributed by atoms with Gasteiger partial charge in [-0.3, -0.25) is 14.2 Å². The number of anilines is 1. The largest absolute Gasteiger partial charge is 0.325 e. The maximum atomic E-state index is 13.6. The van der Waals surface area contributed by atoms with E-state index in [1.165, 1.54) is 0 Å². The number of carbonyl (C=O) groups is 1. The molecule has 0 saturated heterocycles. The summed E-state index contributed by atoms with van der Waals surface area (Å²) in [5.74, 6) is -0.185. The second-order valence-electron chi connectivity index (χ2n) is 8.79. The summed E-state index contributed by atoms with van der Waals surface area (Å²) in [4.78, 5) is 31.4. The number of fused-ring (bicyclic) bond motifs is 3. The molecule has 5 aromatic rings. The van der Waals surface area contributed by atoms with Gasteiger partial charge in [-0.05, 0) is 43.5 Å². The molecule has 0 aliphatic rings. The van der Waals surface area contributed by atoms with Gasteiger partial charge in [0.15, 0.2) is 0 Å². The number of para-hydroxylation sites is 1. The molecule has 34 heavy (non-hydrogen) atoms. The van der Waals surface area contributed by atoms with Gasteiger partial charge in [0, 0.05) is 11.1 Å². The Hall–Kier alpha value is -4.19. The molecule has 0 unspecified atom stereocenters. The van der Waals surface area contributed by atoms with Crippen molar-refractivity contribution in [2.75, 3.05) is 5.32 Å². The van der Waals surface area contributed by atoms with Gasteiger partial charge in [-0.1, -0.05) is 66.2 Å². The van der Waals surface area contributed by atoms with Crippen LogP contribution in [0.4, 0.5) is 5.69 Å². The van der Waals surface area contributed by atoms with Crippen LogP contribution in [0.2, 0.25) is 0 Å². The first-order chi connectivity index (χ1) is 16.4. The summed E-state index contributed by atoms with van der Waals surface area (Å²) in [6.45, 7) is 6.45. The summed E-state index contributed by atoms with van der Waals surface area (Å²) in [7, 11) is 0. The molecule has 0 aliphatic heterocycles. The Morgan fingerprint density at radius 1 is 0.941 bits per heavy atom. The summed E-state index contributed by atoms with van der Waals surface area (Å²) >= 11 is 0. The third-order valence-electron chi connectivity index (χ3n) is 6.17. The molecule has 1 N–H and O–H groups in total. The zero-order valence-corrected chi connectivity index (χ0v) is 19.5. The fourth-order valence-electron chi connectivity index (χ4n) is 4.71. The smallest absolute Gasteiger partial charge is 0.278 e. The van der Waals surface area contributed by atoms with Crippen LogP contribution in [0.1, 0.15) is 22.3 Å². The van der Waals surface area contributed by atoms with Gasteiger partial charge in [0.05, 0.1) is 18.4 Å². The highest BCUT2D eigenvalue weighted by Crippen LogP contribution is 2.26. The molecule has 0 fully saturated rings. The number of nitrogens with zero attached hydrogens (tertiary/aromatic N) is 3. The highest BCUT2D eigenvalue weighted by molar-refractivity contribution is 6.06. The van der Waals surface area contributed by atoms with Crippen molar-refractivity contribution in [3.8, 4) is 0 Å². The Labute approximate surface area is 197 Å². The first-order valence-corrected chi connectivity index (χ1v) is 11.3.